The van der Waals surface area contributed by atoms with Crippen molar-refractivity contribution in [1.29, 1.82) is 0 Å². The summed E-state index contributed by atoms with van der Waals surface area (Å²) in [4.78, 5) is 6.98. The molecular formula is C29H30N4S. The Morgan fingerprint density at radius 3 is 2.35 bits per heavy atom. The number of aryl methyl sites for hydroxylation is 3. The van der Waals surface area contributed by atoms with E-state index in [0.29, 0.717) is 0 Å². The standard InChI is InChI=1S/C29H30N4S/c1-19-13-14-24(16-20(19)2)33-28(27(31-29(33)34)26-12-8-9-15-30-26)25-17-21(3)32(22(25)4)18-23-10-6-5-7-11-23/h5-17,27-28H,18H2,1-4H3,(H,31,34)/t27-,28+/m0/s1. The van der Waals surface area contributed by atoms with E-state index in [1.807, 2.05) is 18.3 Å². The lowest BCUT2D eigenvalue weighted by Gasteiger charge is -2.28. The summed E-state index contributed by atoms with van der Waals surface area (Å²) in [5.74, 6) is 0. The molecule has 0 saturated carbocycles. The van der Waals surface area contributed by atoms with Gasteiger partial charge in [-0.15, -0.1) is 0 Å². The third-order valence-corrected chi connectivity index (χ3v) is 7.30. The highest BCUT2D eigenvalue weighted by atomic mass is 32.1. The maximum atomic E-state index is 5.92. The van der Waals surface area contributed by atoms with Gasteiger partial charge in [-0.05, 0) is 92.5 Å². The third kappa shape index (κ3) is 4.01. The fraction of sp³-hybridized carbons (Fsp3) is 0.241. The van der Waals surface area contributed by atoms with Crippen molar-refractivity contribution < 1.29 is 0 Å². The molecule has 2 aromatic carbocycles. The number of thiocarbonyl (C=S) groups is 1. The highest BCUT2D eigenvalue weighted by Gasteiger charge is 2.42. The molecule has 0 amide bonds. The highest BCUT2D eigenvalue weighted by Crippen LogP contribution is 2.43. The van der Waals surface area contributed by atoms with Crippen LogP contribution in [-0.2, 0) is 6.54 Å². The van der Waals surface area contributed by atoms with Crippen LogP contribution in [0.5, 0.6) is 0 Å². The number of anilines is 1. The molecule has 1 aliphatic rings. The van der Waals surface area contributed by atoms with Crippen molar-refractivity contribution in [3.8, 4) is 0 Å². The summed E-state index contributed by atoms with van der Waals surface area (Å²) < 4.78 is 2.40. The molecule has 172 valence electrons. The molecule has 4 nitrogen and oxygen atoms in total. The Labute approximate surface area is 207 Å². The number of nitrogens with zero attached hydrogens (tertiary/aromatic N) is 3. The molecule has 2 atom stereocenters. The Bertz CT molecular complexity index is 1330. The van der Waals surface area contributed by atoms with E-state index in [1.54, 1.807) is 0 Å². The first-order valence-corrected chi connectivity index (χ1v) is 12.1. The summed E-state index contributed by atoms with van der Waals surface area (Å²) in [5, 5.41) is 4.33. The summed E-state index contributed by atoms with van der Waals surface area (Å²) in [6, 6.07) is 25.6. The van der Waals surface area contributed by atoms with Crippen LogP contribution in [0.1, 0.15) is 51.4 Å². The Kier molecular flexibility index (Phi) is 5.96. The summed E-state index contributed by atoms with van der Waals surface area (Å²) >= 11 is 5.92. The highest BCUT2D eigenvalue weighted by molar-refractivity contribution is 7.80. The molecule has 0 aliphatic carbocycles. The van der Waals surface area contributed by atoms with Crippen molar-refractivity contribution in [1.82, 2.24) is 14.9 Å². The number of nitrogens with one attached hydrogen (secondary N) is 1. The smallest absolute Gasteiger partial charge is 0.174 e. The predicted octanol–water partition coefficient (Wildman–Crippen LogP) is 6.34. The number of hydrogen-bond acceptors (Lipinski definition) is 2. The Balaban J connectivity index is 1.63. The van der Waals surface area contributed by atoms with Gasteiger partial charge in [-0.3, -0.25) is 4.98 Å². The zero-order chi connectivity index (χ0) is 23.8. The number of rotatable bonds is 5. The van der Waals surface area contributed by atoms with E-state index in [9.17, 15) is 0 Å². The normalized spacial score (nSPS) is 17.8. The minimum atomic E-state index is -0.0408. The second-order valence-electron chi connectivity index (χ2n) is 9.16. The quantitative estimate of drug-likeness (QED) is 0.348. The van der Waals surface area contributed by atoms with Gasteiger partial charge in [-0.2, -0.15) is 0 Å². The second-order valence-corrected chi connectivity index (χ2v) is 9.55. The second kappa shape index (κ2) is 9.07. The van der Waals surface area contributed by atoms with Crippen LogP contribution in [0.15, 0.2) is 79.0 Å². The molecule has 4 aromatic rings. The fourth-order valence-electron chi connectivity index (χ4n) is 4.96. The lowest BCUT2D eigenvalue weighted by Crippen LogP contribution is -2.29. The average molecular weight is 467 g/mol. The van der Waals surface area contributed by atoms with Crippen LogP contribution in [0.2, 0.25) is 0 Å². The lowest BCUT2D eigenvalue weighted by atomic mass is 9.96. The molecule has 0 unspecified atom stereocenters. The van der Waals surface area contributed by atoms with Gasteiger partial charge >= 0.3 is 0 Å². The molecular weight excluding hydrogens is 436 g/mol. The first kappa shape index (κ1) is 22.4. The van der Waals surface area contributed by atoms with Gasteiger partial charge in [0, 0.05) is 29.8 Å². The van der Waals surface area contributed by atoms with Crippen LogP contribution in [0.4, 0.5) is 5.69 Å². The van der Waals surface area contributed by atoms with Gasteiger partial charge < -0.3 is 14.8 Å². The van der Waals surface area contributed by atoms with Gasteiger partial charge in [-0.25, -0.2) is 0 Å². The van der Waals surface area contributed by atoms with Crippen molar-refractivity contribution >= 4 is 23.0 Å². The number of benzene rings is 2. The molecule has 0 radical (unpaired) electrons. The molecule has 1 aliphatic heterocycles. The van der Waals surface area contributed by atoms with Crippen LogP contribution in [0.3, 0.4) is 0 Å². The van der Waals surface area contributed by atoms with Crippen molar-refractivity contribution in [3.05, 3.63) is 118 Å². The van der Waals surface area contributed by atoms with Crippen LogP contribution in [0.25, 0.3) is 0 Å². The van der Waals surface area contributed by atoms with Crippen molar-refractivity contribution in [3.63, 3.8) is 0 Å². The molecule has 1 fully saturated rings. The molecule has 5 rings (SSSR count). The van der Waals surface area contributed by atoms with Gasteiger partial charge in [0.2, 0.25) is 0 Å². The van der Waals surface area contributed by atoms with Crippen molar-refractivity contribution in [2.75, 3.05) is 4.90 Å². The maximum absolute atomic E-state index is 5.92. The Morgan fingerprint density at radius 1 is 0.882 bits per heavy atom. The molecule has 2 aromatic heterocycles. The fourth-order valence-corrected chi connectivity index (χ4v) is 5.31. The SMILES string of the molecule is Cc1ccc(N2C(=S)N[C@@H](c3ccccn3)[C@H]2c2cc(C)n(Cc3ccccc3)c2C)cc1C. The van der Waals surface area contributed by atoms with Crippen molar-refractivity contribution in [2.24, 2.45) is 0 Å². The van der Waals surface area contributed by atoms with Gasteiger partial charge in [0.25, 0.3) is 0 Å². The number of aromatic nitrogens is 2. The van der Waals surface area contributed by atoms with Gasteiger partial charge in [-0.1, -0.05) is 42.5 Å². The van der Waals surface area contributed by atoms with E-state index < -0.39 is 0 Å². The predicted molar refractivity (Wildman–Crippen MR) is 143 cm³/mol. The summed E-state index contributed by atoms with van der Waals surface area (Å²) in [6.07, 6.45) is 1.86. The van der Waals surface area contributed by atoms with E-state index >= 15 is 0 Å². The van der Waals surface area contributed by atoms with E-state index in [4.69, 9.17) is 17.2 Å². The first-order chi connectivity index (χ1) is 16.4. The van der Waals surface area contributed by atoms with Crippen LogP contribution < -0.4 is 10.2 Å². The first-order valence-electron chi connectivity index (χ1n) is 11.7. The topological polar surface area (TPSA) is 33.1 Å². The van der Waals surface area contributed by atoms with Crippen LogP contribution >= 0.6 is 12.2 Å². The third-order valence-electron chi connectivity index (χ3n) is 6.98. The Hall–Kier alpha value is -3.44. The molecule has 34 heavy (non-hydrogen) atoms. The maximum Gasteiger partial charge on any atom is 0.174 e. The van der Waals surface area contributed by atoms with E-state index in [2.05, 4.69) is 103 Å². The summed E-state index contributed by atoms with van der Waals surface area (Å²) in [7, 11) is 0. The van der Waals surface area contributed by atoms with Crippen LogP contribution in [0, 0.1) is 27.7 Å². The van der Waals surface area contributed by atoms with Crippen molar-refractivity contribution in [2.45, 2.75) is 46.3 Å². The summed E-state index contributed by atoms with van der Waals surface area (Å²) in [6.45, 7) is 9.56. The zero-order valence-electron chi connectivity index (χ0n) is 20.1. The number of hydrogen-bond donors (Lipinski definition) is 1. The van der Waals surface area contributed by atoms with Gasteiger partial charge in [0.05, 0.1) is 17.8 Å². The Morgan fingerprint density at radius 2 is 1.65 bits per heavy atom. The number of pyridine rings is 1. The van der Waals surface area contributed by atoms with Gasteiger partial charge in [0.15, 0.2) is 5.11 Å². The summed E-state index contributed by atoms with van der Waals surface area (Å²) in [5.41, 5.74) is 9.71. The van der Waals surface area contributed by atoms with E-state index in [-0.39, 0.29) is 12.1 Å². The van der Waals surface area contributed by atoms with E-state index in [0.717, 1.165) is 23.0 Å². The molecule has 5 heteroatoms. The average Bonchev–Trinajstić information content (AvgIpc) is 3.33. The monoisotopic (exact) mass is 466 g/mol. The molecule has 3 heterocycles. The van der Waals surface area contributed by atoms with Crippen LogP contribution in [-0.4, -0.2) is 14.7 Å². The largest absolute Gasteiger partial charge is 0.351 e. The minimum absolute atomic E-state index is 0.000212. The minimum Gasteiger partial charge on any atom is -0.351 e. The zero-order valence-corrected chi connectivity index (χ0v) is 20.9. The van der Waals surface area contributed by atoms with Gasteiger partial charge in [0.1, 0.15) is 0 Å². The lowest BCUT2D eigenvalue weighted by molar-refractivity contribution is 0.563. The molecule has 0 spiro atoms. The molecule has 0 bridgehead atoms. The molecule has 1 N–H and O–H groups in total. The van der Waals surface area contributed by atoms with E-state index in [1.165, 1.54) is 33.6 Å². The molecule has 1 saturated heterocycles.